The summed E-state index contributed by atoms with van der Waals surface area (Å²) in [4.78, 5) is 85.4. The number of piperidine rings is 1. The highest BCUT2D eigenvalue weighted by molar-refractivity contribution is 6.23. The molecule has 1 atom stereocenters. The number of nitrogens with one attached hydrogen (secondary N) is 2. The number of aryl methyl sites for hydroxylation is 1. The predicted octanol–water partition coefficient (Wildman–Crippen LogP) is 1.44. The number of fused-ring (bicyclic) bond motifs is 2. The van der Waals surface area contributed by atoms with Gasteiger partial charge in [0.1, 0.15) is 17.5 Å². The number of hydrogen-bond donors (Lipinski definition) is 2. The van der Waals surface area contributed by atoms with Gasteiger partial charge in [-0.05, 0) is 61.3 Å². The Morgan fingerprint density at radius 2 is 1.59 bits per heavy atom. The highest BCUT2D eigenvalue weighted by Crippen LogP contribution is 2.38. The van der Waals surface area contributed by atoms with E-state index in [4.69, 9.17) is 14.2 Å². The summed E-state index contributed by atoms with van der Waals surface area (Å²) < 4.78 is 19.4. The van der Waals surface area contributed by atoms with Crippen molar-refractivity contribution in [1.82, 2.24) is 34.8 Å². The number of likely N-dealkylation sites (N-methyl/N-ethyl adjacent to an activating group) is 1. The van der Waals surface area contributed by atoms with Crippen LogP contribution in [0.2, 0.25) is 0 Å². The van der Waals surface area contributed by atoms with E-state index in [0.29, 0.717) is 62.9 Å². The molecule has 2 N–H and O–H groups in total. The molecule has 2 fully saturated rings. The first-order valence-electron chi connectivity index (χ1n) is 19.9. The molecule has 4 aliphatic heterocycles. The standard InChI is InChI=1S/C42H52N8O9/c1-43-42(56)49-11-10-29-32(25-49)31(24-46(3)39(29)53)26-20-35(57-4)33(36(21-26)58-5)23-45(2)16-18-59-19-17-47-12-14-48(15-13-47)27-6-7-28-30(22-27)41(55)50(40(28)54)34-8-9-37(51)44-38(34)52/h6-7,20-22,24,34H,8-19,23,25H2,1-5H3,(H,43,56)(H,44,51,52). The van der Waals surface area contributed by atoms with E-state index < -0.39 is 29.7 Å². The number of rotatable bonds is 13. The monoisotopic (exact) mass is 812 g/mol. The minimum atomic E-state index is -0.989. The molecule has 1 unspecified atom stereocenters. The van der Waals surface area contributed by atoms with Crippen LogP contribution in [0.5, 0.6) is 11.5 Å². The number of nitrogens with zero attached hydrogens (tertiary/aromatic N) is 6. The summed E-state index contributed by atoms with van der Waals surface area (Å²) in [5.41, 5.74) is 5.44. The lowest BCUT2D eigenvalue weighted by Gasteiger charge is -2.36. The second-order valence-corrected chi connectivity index (χ2v) is 15.4. The Kier molecular flexibility index (Phi) is 12.3. The molecule has 314 valence electrons. The van der Waals surface area contributed by atoms with Crippen molar-refractivity contribution < 1.29 is 38.2 Å². The molecule has 17 heteroatoms. The molecule has 6 amide bonds. The second-order valence-electron chi connectivity index (χ2n) is 15.4. The maximum atomic E-state index is 13.3. The molecule has 0 saturated carbocycles. The first kappa shape index (κ1) is 41.4. The van der Waals surface area contributed by atoms with Crippen LogP contribution in [-0.4, -0.2) is 147 Å². The zero-order valence-corrected chi connectivity index (χ0v) is 34.3. The van der Waals surface area contributed by atoms with Crippen LogP contribution >= 0.6 is 0 Å². The third-order valence-corrected chi connectivity index (χ3v) is 11.7. The molecule has 5 heterocycles. The Bertz CT molecular complexity index is 2190. The van der Waals surface area contributed by atoms with Gasteiger partial charge in [-0.2, -0.15) is 0 Å². The Labute approximate surface area is 342 Å². The van der Waals surface area contributed by atoms with Crippen molar-refractivity contribution in [3.63, 3.8) is 0 Å². The van der Waals surface area contributed by atoms with Gasteiger partial charge in [0.05, 0.1) is 44.1 Å². The van der Waals surface area contributed by atoms with Gasteiger partial charge in [0.2, 0.25) is 11.8 Å². The molecular weight excluding hydrogens is 761 g/mol. The zero-order valence-electron chi connectivity index (χ0n) is 34.3. The van der Waals surface area contributed by atoms with Crippen molar-refractivity contribution in [2.75, 3.05) is 92.2 Å². The number of imide groups is 2. The number of urea groups is 1. The van der Waals surface area contributed by atoms with Crippen LogP contribution in [0.1, 0.15) is 50.2 Å². The van der Waals surface area contributed by atoms with E-state index in [0.717, 1.165) is 65.6 Å². The summed E-state index contributed by atoms with van der Waals surface area (Å²) in [7, 11) is 8.61. The summed E-state index contributed by atoms with van der Waals surface area (Å²) in [6.07, 6.45) is 2.49. The van der Waals surface area contributed by atoms with Crippen LogP contribution in [-0.2, 0) is 40.9 Å². The minimum absolute atomic E-state index is 0.0583. The number of anilines is 1. The van der Waals surface area contributed by atoms with Crippen LogP contribution in [0.4, 0.5) is 10.5 Å². The van der Waals surface area contributed by atoms with Crippen molar-refractivity contribution in [3.8, 4) is 22.6 Å². The number of aromatic nitrogens is 1. The molecule has 59 heavy (non-hydrogen) atoms. The lowest BCUT2D eigenvalue weighted by Crippen LogP contribution is -2.54. The van der Waals surface area contributed by atoms with Crippen LogP contribution in [0, 0.1) is 0 Å². The predicted molar refractivity (Wildman–Crippen MR) is 218 cm³/mol. The maximum Gasteiger partial charge on any atom is 0.317 e. The molecule has 0 bridgehead atoms. The summed E-state index contributed by atoms with van der Waals surface area (Å²) in [5.74, 6) is -0.730. The maximum absolute atomic E-state index is 13.3. The average molecular weight is 813 g/mol. The number of benzene rings is 2. The highest BCUT2D eigenvalue weighted by Gasteiger charge is 2.45. The number of pyridine rings is 1. The lowest BCUT2D eigenvalue weighted by atomic mass is 9.92. The van der Waals surface area contributed by atoms with E-state index in [1.807, 2.05) is 31.4 Å². The summed E-state index contributed by atoms with van der Waals surface area (Å²) in [6, 6.07) is 7.98. The van der Waals surface area contributed by atoms with E-state index in [1.165, 1.54) is 0 Å². The molecule has 1 aromatic heterocycles. The SMILES string of the molecule is CNC(=O)N1CCc2c(c(-c3cc(OC)c(CN(C)CCOCCN4CCN(c5ccc6c(c5)C(=O)N(C5CCC(=O)NC5=O)C6=O)CC4)c(OC)c3)cn(C)c2=O)C1. The average Bonchev–Trinajstić information content (AvgIpc) is 3.49. The molecule has 2 aromatic carbocycles. The number of ether oxygens (including phenoxy) is 3. The molecule has 0 radical (unpaired) electrons. The highest BCUT2D eigenvalue weighted by atomic mass is 16.5. The third-order valence-electron chi connectivity index (χ3n) is 11.7. The van der Waals surface area contributed by atoms with Crippen LogP contribution in [0.3, 0.4) is 0 Å². The number of amides is 6. The van der Waals surface area contributed by atoms with Gasteiger partial charge in [-0.1, -0.05) is 0 Å². The molecule has 0 aliphatic carbocycles. The Balaban J connectivity index is 0.894. The van der Waals surface area contributed by atoms with Gasteiger partial charge in [-0.3, -0.25) is 44.0 Å². The van der Waals surface area contributed by atoms with Crippen molar-refractivity contribution in [3.05, 3.63) is 74.7 Å². The van der Waals surface area contributed by atoms with E-state index >= 15 is 0 Å². The first-order chi connectivity index (χ1) is 28.4. The number of piperazine rings is 1. The molecule has 7 rings (SSSR count). The molecule has 0 spiro atoms. The fourth-order valence-corrected chi connectivity index (χ4v) is 8.42. The number of hydrogen-bond acceptors (Lipinski definition) is 12. The van der Waals surface area contributed by atoms with Gasteiger partial charge in [-0.25, -0.2) is 4.79 Å². The van der Waals surface area contributed by atoms with E-state index in [1.54, 1.807) is 49.9 Å². The van der Waals surface area contributed by atoms with Gasteiger partial charge in [0.25, 0.3) is 17.4 Å². The largest absolute Gasteiger partial charge is 0.496 e. The zero-order chi connectivity index (χ0) is 42.0. The fraction of sp³-hybridized carbons (Fsp3) is 0.476. The lowest BCUT2D eigenvalue weighted by molar-refractivity contribution is -0.136. The van der Waals surface area contributed by atoms with Crippen molar-refractivity contribution >= 4 is 35.3 Å². The number of carbonyl (C=O) groups excluding carboxylic acids is 5. The Morgan fingerprint density at radius 1 is 0.881 bits per heavy atom. The van der Waals surface area contributed by atoms with Crippen molar-refractivity contribution in [1.29, 1.82) is 0 Å². The van der Waals surface area contributed by atoms with Gasteiger partial charge in [0.15, 0.2) is 0 Å². The first-order valence-corrected chi connectivity index (χ1v) is 19.9. The van der Waals surface area contributed by atoms with Gasteiger partial charge >= 0.3 is 6.03 Å². The van der Waals surface area contributed by atoms with Crippen LogP contribution in [0.15, 0.2) is 41.3 Å². The van der Waals surface area contributed by atoms with Gasteiger partial charge in [-0.15, -0.1) is 0 Å². The smallest absolute Gasteiger partial charge is 0.317 e. The van der Waals surface area contributed by atoms with Crippen molar-refractivity contribution in [2.45, 2.75) is 38.4 Å². The Morgan fingerprint density at radius 3 is 2.27 bits per heavy atom. The van der Waals surface area contributed by atoms with E-state index in [2.05, 4.69) is 25.3 Å². The van der Waals surface area contributed by atoms with Gasteiger partial charge in [0, 0.05) is 102 Å². The minimum Gasteiger partial charge on any atom is -0.496 e. The van der Waals surface area contributed by atoms with Crippen molar-refractivity contribution in [2.24, 2.45) is 7.05 Å². The summed E-state index contributed by atoms with van der Waals surface area (Å²) in [5, 5.41) is 4.92. The van der Waals surface area contributed by atoms with Gasteiger partial charge < -0.3 is 33.9 Å². The number of methoxy groups -OCH3 is 2. The topological polar surface area (TPSA) is 175 Å². The molecule has 17 nitrogen and oxygen atoms in total. The fourth-order valence-electron chi connectivity index (χ4n) is 8.42. The normalized spacial score (nSPS) is 18.3. The quantitative estimate of drug-likeness (QED) is 0.188. The summed E-state index contributed by atoms with van der Waals surface area (Å²) in [6.45, 7) is 6.97. The van der Waals surface area contributed by atoms with Crippen LogP contribution in [0.25, 0.3) is 11.1 Å². The second kappa shape index (κ2) is 17.6. The molecular formula is C42H52N8O9. The summed E-state index contributed by atoms with van der Waals surface area (Å²) >= 11 is 0. The number of carbonyl (C=O) groups is 5. The van der Waals surface area contributed by atoms with E-state index in [9.17, 15) is 28.8 Å². The molecule has 3 aromatic rings. The van der Waals surface area contributed by atoms with E-state index in [-0.39, 0.29) is 35.6 Å². The van der Waals surface area contributed by atoms with Crippen LogP contribution < -0.4 is 30.6 Å². The Hall–Kier alpha value is -5.78. The molecule has 2 saturated heterocycles. The third kappa shape index (κ3) is 8.40. The molecule has 4 aliphatic rings.